The van der Waals surface area contributed by atoms with Crippen molar-refractivity contribution in [2.45, 2.75) is 20.0 Å². The molecule has 0 unspecified atom stereocenters. The molecule has 0 saturated heterocycles. The van der Waals surface area contributed by atoms with Gasteiger partial charge in [0.05, 0.1) is 12.2 Å². The zero-order valence-electron chi connectivity index (χ0n) is 9.80. The van der Waals surface area contributed by atoms with Crippen molar-refractivity contribution in [1.29, 1.82) is 0 Å². The number of Topliss-reactive ketones (excluding diaryl/α,β-unsaturated/α-hetero) is 1. The molecular formula is C12H11F3O3. The van der Waals surface area contributed by atoms with Gasteiger partial charge >= 0.3 is 12.1 Å². The van der Waals surface area contributed by atoms with Gasteiger partial charge in [-0.2, -0.15) is 13.2 Å². The molecule has 0 fully saturated rings. The highest BCUT2D eigenvalue weighted by atomic mass is 19.4. The van der Waals surface area contributed by atoms with Gasteiger partial charge in [0.1, 0.15) is 0 Å². The van der Waals surface area contributed by atoms with Crippen LogP contribution in [0.15, 0.2) is 18.2 Å². The van der Waals surface area contributed by atoms with Gasteiger partial charge in [0.2, 0.25) is 0 Å². The number of carbonyl (C=O) groups excluding carboxylic acids is 2. The van der Waals surface area contributed by atoms with Gasteiger partial charge in [-0.25, -0.2) is 4.79 Å². The lowest BCUT2D eigenvalue weighted by Gasteiger charge is -2.10. The lowest BCUT2D eigenvalue weighted by atomic mass is 10.0. The van der Waals surface area contributed by atoms with Gasteiger partial charge in [-0.3, -0.25) is 4.79 Å². The highest BCUT2D eigenvalue weighted by molar-refractivity contribution is 6.41. The van der Waals surface area contributed by atoms with Crippen LogP contribution in [-0.2, 0) is 15.7 Å². The number of benzene rings is 1. The Hall–Kier alpha value is -1.85. The number of carbonyl (C=O) groups is 2. The molecule has 0 aliphatic heterocycles. The smallest absolute Gasteiger partial charge is 0.416 e. The molecule has 0 heterocycles. The highest BCUT2D eigenvalue weighted by Gasteiger charge is 2.32. The topological polar surface area (TPSA) is 43.4 Å². The molecule has 98 valence electrons. The Bertz CT molecular complexity index is 478. The van der Waals surface area contributed by atoms with E-state index in [0.717, 1.165) is 12.1 Å². The van der Waals surface area contributed by atoms with Gasteiger partial charge in [-0.05, 0) is 31.5 Å². The van der Waals surface area contributed by atoms with Crippen molar-refractivity contribution in [2.24, 2.45) is 0 Å². The van der Waals surface area contributed by atoms with E-state index >= 15 is 0 Å². The second-order valence-electron chi connectivity index (χ2n) is 3.58. The first-order chi connectivity index (χ1) is 8.27. The van der Waals surface area contributed by atoms with Crippen LogP contribution in [0, 0.1) is 6.92 Å². The van der Waals surface area contributed by atoms with E-state index in [-0.39, 0.29) is 12.2 Å². The molecule has 0 atom stereocenters. The van der Waals surface area contributed by atoms with Crippen LogP contribution in [-0.4, -0.2) is 18.4 Å². The Labute approximate surface area is 102 Å². The molecule has 0 amide bonds. The lowest BCUT2D eigenvalue weighted by molar-refractivity contribution is -0.139. The van der Waals surface area contributed by atoms with E-state index in [1.165, 1.54) is 13.8 Å². The van der Waals surface area contributed by atoms with Crippen LogP contribution in [0.5, 0.6) is 0 Å². The summed E-state index contributed by atoms with van der Waals surface area (Å²) in [5.41, 5.74) is -0.968. The molecule has 3 nitrogen and oxygen atoms in total. The molecule has 0 bridgehead atoms. The first-order valence-corrected chi connectivity index (χ1v) is 5.16. The van der Waals surface area contributed by atoms with Gasteiger partial charge in [-0.1, -0.05) is 6.07 Å². The van der Waals surface area contributed by atoms with E-state index in [2.05, 4.69) is 4.74 Å². The van der Waals surface area contributed by atoms with Crippen LogP contribution in [0.2, 0.25) is 0 Å². The van der Waals surface area contributed by atoms with Crippen molar-refractivity contribution in [2.75, 3.05) is 6.61 Å². The zero-order valence-corrected chi connectivity index (χ0v) is 9.80. The number of ketones is 1. The molecule has 18 heavy (non-hydrogen) atoms. The Morgan fingerprint density at radius 3 is 2.39 bits per heavy atom. The van der Waals surface area contributed by atoms with Gasteiger partial charge in [0.25, 0.3) is 5.78 Å². The molecule has 0 saturated carbocycles. The second-order valence-corrected chi connectivity index (χ2v) is 3.58. The number of hydrogen-bond acceptors (Lipinski definition) is 3. The van der Waals surface area contributed by atoms with Crippen LogP contribution in [0.1, 0.15) is 28.4 Å². The molecule has 1 aromatic carbocycles. The van der Waals surface area contributed by atoms with Crippen molar-refractivity contribution in [3.63, 3.8) is 0 Å². The van der Waals surface area contributed by atoms with Crippen molar-refractivity contribution < 1.29 is 27.5 Å². The summed E-state index contributed by atoms with van der Waals surface area (Å²) >= 11 is 0. The fourth-order valence-electron chi connectivity index (χ4n) is 1.35. The minimum Gasteiger partial charge on any atom is -0.460 e. The Morgan fingerprint density at radius 1 is 1.28 bits per heavy atom. The quantitative estimate of drug-likeness (QED) is 0.477. The number of hydrogen-bond donors (Lipinski definition) is 0. The van der Waals surface area contributed by atoms with Gasteiger partial charge < -0.3 is 4.74 Å². The third-order valence-electron chi connectivity index (χ3n) is 2.27. The largest absolute Gasteiger partial charge is 0.460 e. The Balaban J connectivity index is 3.16. The first-order valence-electron chi connectivity index (χ1n) is 5.16. The summed E-state index contributed by atoms with van der Waals surface area (Å²) in [4.78, 5) is 22.8. The first kappa shape index (κ1) is 14.2. The summed E-state index contributed by atoms with van der Waals surface area (Å²) in [6.45, 7) is 2.94. The van der Waals surface area contributed by atoms with Crippen LogP contribution in [0.3, 0.4) is 0 Å². The minimum atomic E-state index is -4.56. The number of esters is 1. The van der Waals surface area contributed by atoms with Crippen molar-refractivity contribution in [3.8, 4) is 0 Å². The number of halogens is 3. The van der Waals surface area contributed by atoms with Crippen molar-refractivity contribution >= 4 is 11.8 Å². The fraction of sp³-hybridized carbons (Fsp3) is 0.333. The summed E-state index contributed by atoms with van der Waals surface area (Å²) in [6.07, 6.45) is -4.56. The molecule has 0 radical (unpaired) electrons. The molecular weight excluding hydrogens is 249 g/mol. The number of aryl methyl sites for hydroxylation is 1. The Kier molecular flexibility index (Phi) is 4.11. The number of ether oxygens (including phenoxy) is 1. The highest BCUT2D eigenvalue weighted by Crippen LogP contribution is 2.30. The van der Waals surface area contributed by atoms with Gasteiger partial charge in [-0.15, -0.1) is 0 Å². The normalized spacial score (nSPS) is 11.2. The zero-order chi connectivity index (χ0) is 13.9. The van der Waals surface area contributed by atoms with E-state index in [1.807, 2.05) is 0 Å². The molecule has 1 rings (SSSR count). The summed E-state index contributed by atoms with van der Waals surface area (Å²) in [5.74, 6) is -2.22. The summed E-state index contributed by atoms with van der Waals surface area (Å²) in [5, 5.41) is 0. The molecule has 0 aliphatic carbocycles. The summed E-state index contributed by atoms with van der Waals surface area (Å²) in [7, 11) is 0. The molecule has 0 spiro atoms. The number of rotatable bonds is 3. The van der Waals surface area contributed by atoms with E-state index in [9.17, 15) is 22.8 Å². The van der Waals surface area contributed by atoms with Crippen LogP contribution in [0.25, 0.3) is 0 Å². The predicted octanol–water partition coefficient (Wildman–Crippen LogP) is 2.76. The Morgan fingerprint density at radius 2 is 1.89 bits per heavy atom. The lowest BCUT2D eigenvalue weighted by Crippen LogP contribution is -2.19. The van der Waals surface area contributed by atoms with E-state index < -0.39 is 23.5 Å². The minimum absolute atomic E-state index is 0.0113. The standard InChI is InChI=1S/C12H11F3O3/c1-3-18-11(17)10(16)9-6-8(12(13,14)15)5-4-7(9)2/h4-6H,3H2,1-2H3. The number of alkyl halides is 3. The van der Waals surface area contributed by atoms with Crippen molar-refractivity contribution in [1.82, 2.24) is 0 Å². The average molecular weight is 260 g/mol. The SMILES string of the molecule is CCOC(=O)C(=O)c1cc(C(F)(F)F)ccc1C. The van der Waals surface area contributed by atoms with E-state index in [0.29, 0.717) is 11.6 Å². The second kappa shape index (κ2) is 5.20. The molecule has 6 heteroatoms. The van der Waals surface area contributed by atoms with Crippen molar-refractivity contribution in [3.05, 3.63) is 34.9 Å². The van der Waals surface area contributed by atoms with Crippen LogP contribution >= 0.6 is 0 Å². The van der Waals surface area contributed by atoms with Crippen LogP contribution < -0.4 is 0 Å². The fourth-order valence-corrected chi connectivity index (χ4v) is 1.35. The molecule has 0 aliphatic rings. The maximum absolute atomic E-state index is 12.5. The van der Waals surface area contributed by atoms with E-state index in [1.54, 1.807) is 0 Å². The van der Waals surface area contributed by atoms with Gasteiger partial charge in [0, 0.05) is 5.56 Å². The predicted molar refractivity (Wildman–Crippen MR) is 57.1 cm³/mol. The maximum Gasteiger partial charge on any atom is 0.416 e. The third kappa shape index (κ3) is 3.09. The third-order valence-corrected chi connectivity index (χ3v) is 2.27. The van der Waals surface area contributed by atoms with Crippen LogP contribution in [0.4, 0.5) is 13.2 Å². The van der Waals surface area contributed by atoms with Gasteiger partial charge in [0.15, 0.2) is 0 Å². The molecule has 0 N–H and O–H groups in total. The monoisotopic (exact) mass is 260 g/mol. The summed E-state index contributed by atoms with van der Waals surface area (Å²) < 4.78 is 41.9. The maximum atomic E-state index is 12.5. The average Bonchev–Trinajstić information content (AvgIpc) is 2.27. The molecule has 1 aromatic rings. The van der Waals surface area contributed by atoms with E-state index in [4.69, 9.17) is 0 Å². The molecule has 0 aromatic heterocycles. The summed E-state index contributed by atoms with van der Waals surface area (Å²) in [6, 6.07) is 2.67.